The van der Waals surface area contributed by atoms with E-state index in [0.29, 0.717) is 13.0 Å². The minimum absolute atomic E-state index is 0.152. The van der Waals surface area contributed by atoms with Crippen molar-refractivity contribution in [2.24, 2.45) is 5.73 Å². The first kappa shape index (κ1) is 13.9. The zero-order valence-corrected chi connectivity index (χ0v) is 9.12. The van der Waals surface area contributed by atoms with Crippen molar-refractivity contribution in [3.8, 4) is 0 Å². The Morgan fingerprint density at radius 3 is 2.60 bits per heavy atom. The van der Waals surface area contributed by atoms with E-state index in [0.717, 1.165) is 0 Å². The quantitative estimate of drug-likeness (QED) is 0.536. The van der Waals surface area contributed by atoms with Gasteiger partial charge in [0.05, 0.1) is 19.6 Å². The highest BCUT2D eigenvalue weighted by molar-refractivity contribution is 5.81. The second-order valence-corrected chi connectivity index (χ2v) is 3.01. The zero-order chi connectivity index (χ0) is 11.7. The minimum Gasteiger partial charge on any atom is -0.469 e. The summed E-state index contributed by atoms with van der Waals surface area (Å²) in [5.41, 5.74) is 5.54. The summed E-state index contributed by atoms with van der Waals surface area (Å²) in [5.74, 6) is -0.642. The summed E-state index contributed by atoms with van der Waals surface area (Å²) >= 11 is 0. The molecule has 3 N–H and O–H groups in total. The molecule has 0 fully saturated rings. The maximum absolute atomic E-state index is 11.3. The van der Waals surface area contributed by atoms with Gasteiger partial charge in [-0.25, -0.2) is 0 Å². The van der Waals surface area contributed by atoms with E-state index in [1.807, 2.05) is 0 Å². The van der Waals surface area contributed by atoms with E-state index in [1.54, 1.807) is 7.11 Å². The molecule has 0 aliphatic carbocycles. The van der Waals surface area contributed by atoms with Gasteiger partial charge in [-0.3, -0.25) is 9.59 Å². The van der Waals surface area contributed by atoms with Gasteiger partial charge in [-0.1, -0.05) is 0 Å². The number of carbonyl (C=O) groups excluding carboxylic acids is 2. The Hall–Kier alpha value is -1.14. The highest BCUT2D eigenvalue weighted by atomic mass is 16.5. The van der Waals surface area contributed by atoms with Crippen LogP contribution in [0.4, 0.5) is 0 Å². The van der Waals surface area contributed by atoms with Crippen LogP contribution in [0.2, 0.25) is 0 Å². The summed E-state index contributed by atoms with van der Waals surface area (Å²) in [6, 6.07) is -0.595. The molecule has 0 saturated heterocycles. The molecular formula is C9H18N2O4. The molecule has 1 unspecified atom stereocenters. The summed E-state index contributed by atoms with van der Waals surface area (Å²) in [5, 5.41) is 2.54. The van der Waals surface area contributed by atoms with Crippen LogP contribution in [-0.2, 0) is 19.1 Å². The fourth-order valence-corrected chi connectivity index (χ4v) is 0.897. The molecule has 0 aliphatic heterocycles. The molecule has 0 aromatic rings. The summed E-state index contributed by atoms with van der Waals surface area (Å²) in [6.45, 7) is 0.678. The van der Waals surface area contributed by atoms with Crippen molar-refractivity contribution < 1.29 is 19.1 Å². The molecule has 0 heterocycles. The first-order valence-electron chi connectivity index (χ1n) is 4.70. The molecule has 6 heteroatoms. The van der Waals surface area contributed by atoms with Crippen molar-refractivity contribution in [1.29, 1.82) is 0 Å². The Balaban J connectivity index is 3.59. The lowest BCUT2D eigenvalue weighted by atomic mass is 10.2. The number of amides is 1. The molecule has 0 spiro atoms. The third kappa shape index (κ3) is 6.87. The van der Waals surface area contributed by atoms with Crippen molar-refractivity contribution >= 4 is 11.9 Å². The van der Waals surface area contributed by atoms with Gasteiger partial charge in [0.25, 0.3) is 0 Å². The second-order valence-electron chi connectivity index (χ2n) is 3.01. The number of ether oxygens (including phenoxy) is 2. The molecule has 0 bridgehead atoms. The lowest BCUT2D eigenvalue weighted by molar-refractivity contribution is -0.140. The minimum atomic E-state index is -0.595. The SMILES string of the molecule is COCCC(N)C(=O)NCCC(=O)OC. The van der Waals surface area contributed by atoms with Crippen LogP contribution < -0.4 is 11.1 Å². The molecule has 0 aromatic heterocycles. The Morgan fingerprint density at radius 1 is 1.40 bits per heavy atom. The number of nitrogens with two attached hydrogens (primary N) is 1. The fraction of sp³-hybridized carbons (Fsp3) is 0.778. The number of rotatable bonds is 7. The van der Waals surface area contributed by atoms with Crippen LogP contribution >= 0.6 is 0 Å². The van der Waals surface area contributed by atoms with Gasteiger partial charge in [0.15, 0.2) is 0 Å². The van der Waals surface area contributed by atoms with Gasteiger partial charge < -0.3 is 20.5 Å². The molecule has 0 saturated carbocycles. The number of carbonyl (C=O) groups is 2. The van der Waals surface area contributed by atoms with Crippen molar-refractivity contribution in [2.75, 3.05) is 27.4 Å². The predicted molar refractivity (Wildman–Crippen MR) is 54.1 cm³/mol. The molecule has 88 valence electrons. The molecule has 6 nitrogen and oxygen atoms in total. The topological polar surface area (TPSA) is 90.6 Å². The van der Waals surface area contributed by atoms with E-state index in [-0.39, 0.29) is 24.8 Å². The number of esters is 1. The molecule has 1 atom stereocenters. The van der Waals surface area contributed by atoms with Gasteiger partial charge in [0, 0.05) is 20.3 Å². The Morgan fingerprint density at radius 2 is 2.07 bits per heavy atom. The van der Waals surface area contributed by atoms with E-state index >= 15 is 0 Å². The maximum atomic E-state index is 11.3. The van der Waals surface area contributed by atoms with Gasteiger partial charge in [-0.2, -0.15) is 0 Å². The first-order chi connectivity index (χ1) is 7.11. The van der Waals surface area contributed by atoms with Crippen LogP contribution in [0, 0.1) is 0 Å². The van der Waals surface area contributed by atoms with Crippen molar-refractivity contribution in [3.05, 3.63) is 0 Å². The van der Waals surface area contributed by atoms with Crippen molar-refractivity contribution in [2.45, 2.75) is 18.9 Å². The summed E-state index contributed by atoms with van der Waals surface area (Å²) < 4.78 is 9.20. The van der Waals surface area contributed by atoms with Crippen molar-refractivity contribution in [3.63, 3.8) is 0 Å². The fourth-order valence-electron chi connectivity index (χ4n) is 0.897. The third-order valence-corrected chi connectivity index (χ3v) is 1.83. The van der Waals surface area contributed by atoms with Crippen LogP contribution in [0.5, 0.6) is 0 Å². The van der Waals surface area contributed by atoms with E-state index in [9.17, 15) is 9.59 Å². The number of methoxy groups -OCH3 is 2. The lowest BCUT2D eigenvalue weighted by Crippen LogP contribution is -2.41. The van der Waals surface area contributed by atoms with E-state index in [2.05, 4.69) is 10.1 Å². The van der Waals surface area contributed by atoms with Gasteiger partial charge >= 0.3 is 5.97 Å². The highest BCUT2D eigenvalue weighted by Gasteiger charge is 2.12. The van der Waals surface area contributed by atoms with Gasteiger partial charge in [-0.15, -0.1) is 0 Å². The number of nitrogens with one attached hydrogen (secondary N) is 1. The monoisotopic (exact) mass is 218 g/mol. The molecule has 15 heavy (non-hydrogen) atoms. The molecule has 0 radical (unpaired) electrons. The number of hydrogen-bond acceptors (Lipinski definition) is 5. The van der Waals surface area contributed by atoms with Crippen LogP contribution in [0.3, 0.4) is 0 Å². The molecule has 0 aliphatic rings. The molecular weight excluding hydrogens is 200 g/mol. The van der Waals surface area contributed by atoms with Crippen molar-refractivity contribution in [1.82, 2.24) is 5.32 Å². The molecule has 0 aromatic carbocycles. The standard InChI is InChI=1S/C9H18N2O4/c1-14-6-4-7(10)9(13)11-5-3-8(12)15-2/h7H,3-6,10H2,1-2H3,(H,11,13). The Labute approximate surface area is 89.1 Å². The molecule has 0 rings (SSSR count). The van der Waals surface area contributed by atoms with Gasteiger partial charge in [-0.05, 0) is 6.42 Å². The second kappa shape index (κ2) is 8.19. The summed E-state index contributed by atoms with van der Waals surface area (Å²) in [7, 11) is 2.84. The van der Waals surface area contributed by atoms with E-state index < -0.39 is 6.04 Å². The zero-order valence-electron chi connectivity index (χ0n) is 9.12. The lowest BCUT2D eigenvalue weighted by Gasteiger charge is -2.10. The summed E-state index contributed by atoms with van der Waals surface area (Å²) in [4.78, 5) is 22.0. The van der Waals surface area contributed by atoms with Crippen LogP contribution in [0.15, 0.2) is 0 Å². The largest absolute Gasteiger partial charge is 0.469 e. The average Bonchev–Trinajstić information content (AvgIpc) is 2.25. The predicted octanol–water partition coefficient (Wildman–Crippen LogP) is -0.970. The normalized spacial score (nSPS) is 11.9. The maximum Gasteiger partial charge on any atom is 0.307 e. The number of hydrogen-bond donors (Lipinski definition) is 2. The van der Waals surface area contributed by atoms with Crippen LogP contribution in [-0.4, -0.2) is 45.3 Å². The van der Waals surface area contributed by atoms with E-state index in [1.165, 1.54) is 7.11 Å². The smallest absolute Gasteiger partial charge is 0.307 e. The average molecular weight is 218 g/mol. The Bertz CT molecular complexity index is 208. The highest BCUT2D eigenvalue weighted by Crippen LogP contribution is 1.89. The van der Waals surface area contributed by atoms with Gasteiger partial charge in [0.1, 0.15) is 0 Å². The van der Waals surface area contributed by atoms with E-state index in [4.69, 9.17) is 10.5 Å². The van der Waals surface area contributed by atoms with Gasteiger partial charge in [0.2, 0.25) is 5.91 Å². The Kier molecular flexibility index (Phi) is 7.57. The summed E-state index contributed by atoms with van der Waals surface area (Å²) in [6.07, 6.45) is 0.611. The van der Waals surface area contributed by atoms with Crippen LogP contribution in [0.1, 0.15) is 12.8 Å². The first-order valence-corrected chi connectivity index (χ1v) is 4.70. The molecule has 1 amide bonds. The third-order valence-electron chi connectivity index (χ3n) is 1.83. The van der Waals surface area contributed by atoms with Crippen LogP contribution in [0.25, 0.3) is 0 Å².